The Morgan fingerprint density at radius 2 is 1.87 bits per heavy atom. The van der Waals surface area contributed by atoms with Crippen LogP contribution in [-0.2, 0) is 5.41 Å². The summed E-state index contributed by atoms with van der Waals surface area (Å²) in [5.41, 5.74) is 2.20. The van der Waals surface area contributed by atoms with Crippen molar-refractivity contribution >= 4 is 22.5 Å². The second-order valence-electron chi connectivity index (χ2n) is 4.75. The Hall–Kier alpha value is -1.08. The monoisotopic (exact) mass is 219 g/mol. The van der Waals surface area contributed by atoms with Crippen LogP contribution in [0, 0.1) is 0 Å². The van der Waals surface area contributed by atoms with Crippen LogP contribution in [0.5, 0.6) is 0 Å². The van der Waals surface area contributed by atoms with E-state index >= 15 is 0 Å². The number of hydrogen-bond acceptors (Lipinski definition) is 1. The molecule has 0 aliphatic rings. The molecule has 0 saturated carbocycles. The van der Waals surface area contributed by atoms with Gasteiger partial charge in [0, 0.05) is 11.6 Å². The lowest BCUT2D eigenvalue weighted by molar-refractivity contribution is 0.591. The molecule has 0 aliphatic carbocycles. The van der Waals surface area contributed by atoms with Crippen molar-refractivity contribution in [3.8, 4) is 0 Å². The minimum Gasteiger partial charge on any atom is -0.256 e. The first kappa shape index (κ1) is 10.4. The van der Waals surface area contributed by atoms with E-state index in [0.29, 0.717) is 0 Å². The molecule has 1 aromatic carbocycles. The molecule has 15 heavy (non-hydrogen) atoms. The molecule has 0 atom stereocenters. The SMILES string of the molecule is CC(C)(C)c1ccc2ncccc2c1Cl. The van der Waals surface area contributed by atoms with Gasteiger partial charge in [0.1, 0.15) is 0 Å². The van der Waals surface area contributed by atoms with Gasteiger partial charge in [0.15, 0.2) is 0 Å². The number of aromatic nitrogens is 1. The summed E-state index contributed by atoms with van der Waals surface area (Å²) >= 11 is 6.39. The molecule has 0 bridgehead atoms. The van der Waals surface area contributed by atoms with Crippen LogP contribution in [0.3, 0.4) is 0 Å². The summed E-state index contributed by atoms with van der Waals surface area (Å²) in [6, 6.07) is 8.03. The predicted molar refractivity (Wildman–Crippen MR) is 65.5 cm³/mol. The van der Waals surface area contributed by atoms with E-state index in [1.807, 2.05) is 18.2 Å². The molecule has 1 nitrogen and oxygen atoms in total. The molecule has 1 heterocycles. The fourth-order valence-corrected chi connectivity index (χ4v) is 2.20. The van der Waals surface area contributed by atoms with Gasteiger partial charge in [-0.15, -0.1) is 0 Å². The maximum absolute atomic E-state index is 6.39. The fraction of sp³-hybridized carbons (Fsp3) is 0.308. The Balaban J connectivity index is 2.76. The van der Waals surface area contributed by atoms with Crippen molar-refractivity contribution in [3.63, 3.8) is 0 Å². The first-order chi connectivity index (χ1) is 7.00. The number of hydrogen-bond donors (Lipinski definition) is 0. The highest BCUT2D eigenvalue weighted by Crippen LogP contribution is 2.33. The van der Waals surface area contributed by atoms with Crippen LogP contribution in [0.15, 0.2) is 30.5 Å². The third-order valence-corrected chi connectivity index (χ3v) is 2.93. The molecule has 0 radical (unpaired) electrons. The van der Waals surface area contributed by atoms with Crippen molar-refractivity contribution in [1.82, 2.24) is 4.98 Å². The minimum atomic E-state index is 0.0706. The van der Waals surface area contributed by atoms with Crippen LogP contribution >= 0.6 is 11.6 Å². The summed E-state index contributed by atoms with van der Waals surface area (Å²) in [4.78, 5) is 4.28. The third kappa shape index (κ3) is 1.84. The average Bonchev–Trinajstić information content (AvgIpc) is 2.16. The summed E-state index contributed by atoms with van der Waals surface area (Å²) in [6.07, 6.45) is 1.79. The first-order valence-corrected chi connectivity index (χ1v) is 5.41. The Bertz CT molecular complexity index is 497. The van der Waals surface area contributed by atoms with Gasteiger partial charge in [0.05, 0.1) is 10.5 Å². The summed E-state index contributed by atoms with van der Waals surface area (Å²) < 4.78 is 0. The number of halogens is 1. The third-order valence-electron chi connectivity index (χ3n) is 2.53. The van der Waals surface area contributed by atoms with Crippen LogP contribution < -0.4 is 0 Å². The molecule has 2 heteroatoms. The number of fused-ring (bicyclic) bond motifs is 1. The van der Waals surface area contributed by atoms with Crippen LogP contribution in [0.25, 0.3) is 10.9 Å². The first-order valence-electron chi connectivity index (χ1n) is 5.04. The summed E-state index contributed by atoms with van der Waals surface area (Å²) in [7, 11) is 0. The quantitative estimate of drug-likeness (QED) is 0.648. The van der Waals surface area contributed by atoms with Gasteiger partial charge in [-0.1, -0.05) is 38.4 Å². The smallest absolute Gasteiger partial charge is 0.0717 e. The Kier molecular flexibility index (Phi) is 2.43. The van der Waals surface area contributed by atoms with Crippen molar-refractivity contribution in [1.29, 1.82) is 0 Å². The highest BCUT2D eigenvalue weighted by molar-refractivity contribution is 6.36. The lowest BCUT2D eigenvalue weighted by Gasteiger charge is -2.21. The predicted octanol–water partition coefficient (Wildman–Crippen LogP) is 4.19. The van der Waals surface area contributed by atoms with E-state index in [4.69, 9.17) is 11.6 Å². The van der Waals surface area contributed by atoms with Gasteiger partial charge < -0.3 is 0 Å². The zero-order chi connectivity index (χ0) is 11.1. The van der Waals surface area contributed by atoms with Crippen molar-refractivity contribution in [2.75, 3.05) is 0 Å². The molecule has 0 N–H and O–H groups in total. The van der Waals surface area contributed by atoms with Gasteiger partial charge >= 0.3 is 0 Å². The van der Waals surface area contributed by atoms with Gasteiger partial charge in [-0.05, 0) is 29.2 Å². The molecular formula is C13H14ClN. The van der Waals surface area contributed by atoms with E-state index in [2.05, 4.69) is 31.8 Å². The van der Waals surface area contributed by atoms with Crippen molar-refractivity contribution in [3.05, 3.63) is 41.0 Å². The molecule has 0 amide bonds. The van der Waals surface area contributed by atoms with E-state index in [1.165, 1.54) is 5.56 Å². The van der Waals surface area contributed by atoms with Crippen molar-refractivity contribution in [2.24, 2.45) is 0 Å². The molecule has 1 aromatic heterocycles. The highest BCUT2D eigenvalue weighted by Gasteiger charge is 2.18. The number of benzene rings is 1. The Morgan fingerprint density at radius 1 is 1.13 bits per heavy atom. The highest BCUT2D eigenvalue weighted by atomic mass is 35.5. The minimum absolute atomic E-state index is 0.0706. The van der Waals surface area contributed by atoms with Gasteiger partial charge in [0.25, 0.3) is 0 Å². The van der Waals surface area contributed by atoms with E-state index in [9.17, 15) is 0 Å². The second-order valence-corrected chi connectivity index (χ2v) is 5.13. The van der Waals surface area contributed by atoms with E-state index in [-0.39, 0.29) is 5.41 Å². The van der Waals surface area contributed by atoms with Gasteiger partial charge in [-0.25, -0.2) is 0 Å². The van der Waals surface area contributed by atoms with Crippen LogP contribution in [0.1, 0.15) is 26.3 Å². The molecule has 0 saturated heterocycles. The number of rotatable bonds is 0. The maximum Gasteiger partial charge on any atom is 0.0717 e. The van der Waals surface area contributed by atoms with Crippen LogP contribution in [0.4, 0.5) is 0 Å². The van der Waals surface area contributed by atoms with Gasteiger partial charge in [-0.3, -0.25) is 4.98 Å². The average molecular weight is 220 g/mol. The number of pyridine rings is 1. The molecule has 0 aliphatic heterocycles. The topological polar surface area (TPSA) is 12.9 Å². The lowest BCUT2D eigenvalue weighted by Crippen LogP contribution is -2.11. The van der Waals surface area contributed by atoms with E-state index < -0.39 is 0 Å². The molecule has 0 unspecified atom stereocenters. The van der Waals surface area contributed by atoms with Gasteiger partial charge in [0.2, 0.25) is 0 Å². The Morgan fingerprint density at radius 3 is 2.53 bits per heavy atom. The van der Waals surface area contributed by atoms with Crippen LogP contribution in [0.2, 0.25) is 5.02 Å². The number of nitrogens with zero attached hydrogens (tertiary/aromatic N) is 1. The summed E-state index contributed by atoms with van der Waals surface area (Å²) in [6.45, 7) is 6.49. The molecule has 78 valence electrons. The molecule has 0 spiro atoms. The van der Waals surface area contributed by atoms with E-state index in [1.54, 1.807) is 6.20 Å². The zero-order valence-electron chi connectivity index (χ0n) is 9.21. The molecule has 0 fully saturated rings. The maximum atomic E-state index is 6.39. The normalized spacial score (nSPS) is 12.0. The van der Waals surface area contributed by atoms with Gasteiger partial charge in [-0.2, -0.15) is 0 Å². The molecule has 2 rings (SSSR count). The Labute approximate surface area is 95.1 Å². The molecular weight excluding hydrogens is 206 g/mol. The van der Waals surface area contributed by atoms with Crippen molar-refractivity contribution in [2.45, 2.75) is 26.2 Å². The lowest BCUT2D eigenvalue weighted by atomic mass is 9.86. The second kappa shape index (κ2) is 3.49. The van der Waals surface area contributed by atoms with E-state index in [0.717, 1.165) is 15.9 Å². The summed E-state index contributed by atoms with van der Waals surface area (Å²) in [5, 5.41) is 1.86. The van der Waals surface area contributed by atoms with Crippen molar-refractivity contribution < 1.29 is 0 Å². The van der Waals surface area contributed by atoms with Crippen LogP contribution in [-0.4, -0.2) is 4.98 Å². The molecule has 2 aromatic rings. The standard InChI is InChI=1S/C13H14ClN/c1-13(2,3)10-6-7-11-9(12(10)14)5-4-8-15-11/h4-8H,1-3H3. The zero-order valence-corrected chi connectivity index (χ0v) is 9.97. The summed E-state index contributed by atoms with van der Waals surface area (Å²) in [5.74, 6) is 0. The largest absolute Gasteiger partial charge is 0.256 e. The fourth-order valence-electron chi connectivity index (χ4n) is 1.70.